The highest BCUT2D eigenvalue weighted by molar-refractivity contribution is 7.89. The molecular weight excluding hydrogens is 364 g/mol. The van der Waals surface area contributed by atoms with Gasteiger partial charge in [0.25, 0.3) is 0 Å². The number of benzene rings is 2. The Bertz CT molecular complexity index is 1030. The van der Waals surface area contributed by atoms with Crippen molar-refractivity contribution in [1.82, 2.24) is 19.1 Å². The molecule has 3 aromatic rings. The molecule has 0 aliphatic heterocycles. The standard InChI is InChI=1S/C19H20N4O3S/c1-14(16-4-8-18(9-5-16)23-13-20-12-21-23)22(3)27(25,26)19-10-6-17(7-11-19)15(2)24/h4-14H,1-3H3. The molecule has 0 fully saturated rings. The number of carbonyl (C=O) groups is 1. The van der Waals surface area contributed by atoms with E-state index >= 15 is 0 Å². The first-order valence-electron chi connectivity index (χ1n) is 8.34. The summed E-state index contributed by atoms with van der Waals surface area (Å²) < 4.78 is 28.8. The molecule has 0 radical (unpaired) electrons. The molecule has 8 heteroatoms. The lowest BCUT2D eigenvalue weighted by Gasteiger charge is -2.25. The van der Waals surface area contributed by atoms with Crippen LogP contribution in [0.5, 0.6) is 0 Å². The Morgan fingerprint density at radius 1 is 1.07 bits per heavy atom. The topological polar surface area (TPSA) is 85.2 Å². The Kier molecular flexibility index (Phi) is 5.20. The number of sulfonamides is 1. The van der Waals surface area contributed by atoms with E-state index in [9.17, 15) is 13.2 Å². The normalized spacial score (nSPS) is 12.9. The summed E-state index contributed by atoms with van der Waals surface area (Å²) in [5, 5.41) is 4.07. The number of carbonyl (C=O) groups excluding carboxylic acids is 1. The second kappa shape index (κ2) is 7.42. The van der Waals surface area contributed by atoms with Gasteiger partial charge in [0.2, 0.25) is 10.0 Å². The SMILES string of the molecule is CC(=O)c1ccc(S(=O)(=O)N(C)C(C)c2ccc(-n3cncn3)cc2)cc1. The summed E-state index contributed by atoms with van der Waals surface area (Å²) in [6, 6.07) is 13.1. The van der Waals surface area contributed by atoms with Crippen molar-refractivity contribution < 1.29 is 13.2 Å². The highest BCUT2D eigenvalue weighted by atomic mass is 32.2. The van der Waals surface area contributed by atoms with Crippen molar-refractivity contribution in [2.75, 3.05) is 7.05 Å². The second-order valence-electron chi connectivity index (χ2n) is 6.21. The number of rotatable bonds is 6. The van der Waals surface area contributed by atoms with Crippen molar-refractivity contribution in [2.45, 2.75) is 24.8 Å². The molecule has 0 saturated heterocycles. The Morgan fingerprint density at radius 2 is 1.70 bits per heavy atom. The van der Waals surface area contributed by atoms with Crippen molar-refractivity contribution in [3.8, 4) is 5.69 Å². The number of hydrogen-bond donors (Lipinski definition) is 0. The fourth-order valence-corrected chi connectivity index (χ4v) is 4.04. The molecule has 1 aromatic heterocycles. The summed E-state index contributed by atoms with van der Waals surface area (Å²) in [5.74, 6) is -0.104. The number of hydrogen-bond acceptors (Lipinski definition) is 5. The molecule has 0 aliphatic rings. The molecule has 27 heavy (non-hydrogen) atoms. The minimum Gasteiger partial charge on any atom is -0.295 e. The van der Waals surface area contributed by atoms with Crippen molar-refractivity contribution in [3.05, 3.63) is 72.3 Å². The molecule has 3 rings (SSSR count). The van der Waals surface area contributed by atoms with Crippen molar-refractivity contribution >= 4 is 15.8 Å². The zero-order chi connectivity index (χ0) is 19.6. The van der Waals surface area contributed by atoms with Crippen molar-refractivity contribution in [2.24, 2.45) is 0 Å². The number of Topliss-reactive ketones (excluding diaryl/α,β-unsaturated/α-hetero) is 1. The van der Waals surface area contributed by atoms with Gasteiger partial charge in [-0.2, -0.15) is 9.40 Å². The highest BCUT2D eigenvalue weighted by Gasteiger charge is 2.26. The molecule has 2 aromatic carbocycles. The van der Waals surface area contributed by atoms with Gasteiger partial charge in [-0.1, -0.05) is 24.3 Å². The molecule has 1 heterocycles. The number of ketones is 1. The maximum absolute atomic E-state index is 12.9. The second-order valence-corrected chi connectivity index (χ2v) is 8.21. The van der Waals surface area contributed by atoms with E-state index in [4.69, 9.17) is 0 Å². The van der Waals surface area contributed by atoms with E-state index in [0.717, 1.165) is 11.3 Å². The number of aromatic nitrogens is 3. The first kappa shape index (κ1) is 18.9. The zero-order valence-electron chi connectivity index (χ0n) is 15.3. The maximum atomic E-state index is 12.9. The lowest BCUT2D eigenvalue weighted by molar-refractivity contribution is 0.101. The van der Waals surface area contributed by atoms with Crippen LogP contribution >= 0.6 is 0 Å². The monoisotopic (exact) mass is 384 g/mol. The molecule has 0 saturated carbocycles. The maximum Gasteiger partial charge on any atom is 0.243 e. The van der Waals surface area contributed by atoms with Crippen LogP contribution in [-0.2, 0) is 10.0 Å². The summed E-state index contributed by atoms with van der Waals surface area (Å²) in [6.07, 6.45) is 3.05. The quantitative estimate of drug-likeness (QED) is 0.610. The molecule has 0 bridgehead atoms. The van der Waals surface area contributed by atoms with Crippen LogP contribution in [0.4, 0.5) is 0 Å². The fourth-order valence-electron chi connectivity index (χ4n) is 2.69. The minimum atomic E-state index is -3.69. The third kappa shape index (κ3) is 3.81. The van der Waals surface area contributed by atoms with Gasteiger partial charge in [0, 0.05) is 18.7 Å². The summed E-state index contributed by atoms with van der Waals surface area (Å²) in [7, 11) is -2.14. The highest BCUT2D eigenvalue weighted by Crippen LogP contribution is 2.26. The fraction of sp³-hybridized carbons (Fsp3) is 0.211. The van der Waals surface area contributed by atoms with Gasteiger partial charge in [-0.25, -0.2) is 18.1 Å². The Balaban J connectivity index is 1.83. The predicted octanol–water partition coefficient (Wildman–Crippen LogP) is 2.85. The van der Waals surface area contributed by atoms with Crippen LogP contribution in [-0.4, -0.2) is 40.3 Å². The van der Waals surface area contributed by atoms with E-state index in [1.807, 2.05) is 31.2 Å². The minimum absolute atomic E-state index is 0.104. The van der Waals surface area contributed by atoms with Crippen LogP contribution in [0.25, 0.3) is 5.69 Å². The van der Waals surface area contributed by atoms with E-state index in [1.165, 1.54) is 41.8 Å². The third-order valence-corrected chi connectivity index (χ3v) is 6.48. The molecule has 7 nitrogen and oxygen atoms in total. The summed E-state index contributed by atoms with van der Waals surface area (Å²) in [6.45, 7) is 3.27. The Labute approximate surface area is 158 Å². The smallest absolute Gasteiger partial charge is 0.243 e. The van der Waals surface area contributed by atoms with Gasteiger partial charge in [0.15, 0.2) is 5.78 Å². The molecule has 0 amide bonds. The van der Waals surface area contributed by atoms with Gasteiger partial charge in [-0.05, 0) is 43.7 Å². The lowest BCUT2D eigenvalue weighted by Crippen LogP contribution is -2.29. The van der Waals surface area contributed by atoms with E-state index < -0.39 is 10.0 Å². The molecule has 1 unspecified atom stereocenters. The van der Waals surface area contributed by atoms with Gasteiger partial charge in [-0.3, -0.25) is 4.79 Å². The molecule has 0 spiro atoms. The van der Waals surface area contributed by atoms with Crippen molar-refractivity contribution in [3.63, 3.8) is 0 Å². The third-order valence-electron chi connectivity index (χ3n) is 4.54. The van der Waals surface area contributed by atoms with E-state index in [2.05, 4.69) is 10.1 Å². The van der Waals surface area contributed by atoms with E-state index in [-0.39, 0.29) is 16.7 Å². The van der Waals surface area contributed by atoms with Gasteiger partial charge in [-0.15, -0.1) is 0 Å². The summed E-state index contributed by atoms with van der Waals surface area (Å²) in [4.78, 5) is 15.4. The Morgan fingerprint density at radius 3 is 2.22 bits per heavy atom. The van der Waals surface area contributed by atoms with Crippen molar-refractivity contribution in [1.29, 1.82) is 0 Å². The number of nitrogens with zero attached hydrogens (tertiary/aromatic N) is 4. The van der Waals surface area contributed by atoms with Crippen LogP contribution in [0.2, 0.25) is 0 Å². The van der Waals surface area contributed by atoms with Gasteiger partial charge < -0.3 is 0 Å². The zero-order valence-corrected chi connectivity index (χ0v) is 16.1. The van der Waals surface area contributed by atoms with Crippen LogP contribution in [0, 0.1) is 0 Å². The van der Waals surface area contributed by atoms with Gasteiger partial charge >= 0.3 is 0 Å². The molecule has 0 aliphatic carbocycles. The average Bonchev–Trinajstić information content (AvgIpc) is 3.21. The molecule has 140 valence electrons. The molecule has 0 N–H and O–H groups in total. The van der Waals surface area contributed by atoms with Crippen LogP contribution < -0.4 is 0 Å². The predicted molar refractivity (Wildman–Crippen MR) is 101 cm³/mol. The van der Waals surface area contributed by atoms with Crippen LogP contribution in [0.3, 0.4) is 0 Å². The molecule has 1 atom stereocenters. The molecular formula is C19H20N4O3S. The van der Waals surface area contributed by atoms with Crippen LogP contribution in [0.1, 0.15) is 35.8 Å². The first-order valence-corrected chi connectivity index (χ1v) is 9.78. The largest absolute Gasteiger partial charge is 0.295 e. The average molecular weight is 384 g/mol. The van der Waals surface area contributed by atoms with Gasteiger partial charge in [0.1, 0.15) is 12.7 Å². The Hall–Kier alpha value is -2.84. The van der Waals surface area contributed by atoms with E-state index in [0.29, 0.717) is 5.56 Å². The lowest BCUT2D eigenvalue weighted by atomic mass is 10.1. The summed E-state index contributed by atoms with van der Waals surface area (Å²) in [5.41, 5.74) is 2.17. The first-order chi connectivity index (χ1) is 12.8. The summed E-state index contributed by atoms with van der Waals surface area (Å²) >= 11 is 0. The van der Waals surface area contributed by atoms with Crippen LogP contribution in [0.15, 0.2) is 66.1 Å². The van der Waals surface area contributed by atoms with E-state index in [1.54, 1.807) is 18.1 Å². The van der Waals surface area contributed by atoms with Gasteiger partial charge in [0.05, 0.1) is 10.6 Å².